The SMILES string of the molecule is Cc1ccc(NC(=O)COC(=O)c2cccc(OCc3c(C)noc3C)c2)c(Br)c1. The van der Waals surface area contributed by atoms with Gasteiger partial charge in [-0.25, -0.2) is 4.79 Å². The van der Waals surface area contributed by atoms with Crippen molar-refractivity contribution < 1.29 is 23.6 Å². The van der Waals surface area contributed by atoms with E-state index < -0.39 is 18.5 Å². The molecule has 1 amide bonds. The number of benzene rings is 2. The van der Waals surface area contributed by atoms with Gasteiger partial charge in [-0.3, -0.25) is 4.79 Å². The van der Waals surface area contributed by atoms with Gasteiger partial charge in [0, 0.05) is 4.47 Å². The first-order valence-corrected chi connectivity index (χ1v) is 10.0. The molecule has 0 bridgehead atoms. The smallest absolute Gasteiger partial charge is 0.338 e. The Bertz CT molecular complexity index is 1060. The number of carbonyl (C=O) groups excluding carboxylic acids is 2. The van der Waals surface area contributed by atoms with Crippen molar-refractivity contribution in [3.05, 3.63) is 75.1 Å². The summed E-state index contributed by atoms with van der Waals surface area (Å²) in [6.45, 7) is 5.47. The molecule has 7 nitrogen and oxygen atoms in total. The number of hydrogen-bond donors (Lipinski definition) is 1. The van der Waals surface area contributed by atoms with Crippen LogP contribution in [0, 0.1) is 20.8 Å². The van der Waals surface area contributed by atoms with Gasteiger partial charge in [0.1, 0.15) is 18.1 Å². The number of nitrogens with zero attached hydrogens (tertiary/aromatic N) is 1. The summed E-state index contributed by atoms with van der Waals surface area (Å²) in [5, 5.41) is 6.58. The molecule has 3 aromatic rings. The Kier molecular flexibility index (Phi) is 6.89. The highest BCUT2D eigenvalue weighted by molar-refractivity contribution is 9.10. The maximum atomic E-state index is 12.3. The van der Waals surface area contributed by atoms with Crippen LogP contribution in [-0.4, -0.2) is 23.6 Å². The molecule has 0 radical (unpaired) electrons. The fraction of sp³-hybridized carbons (Fsp3) is 0.227. The third-order valence-corrected chi connectivity index (χ3v) is 5.02. The second-order valence-corrected chi connectivity index (χ2v) is 7.58. The minimum atomic E-state index is -0.615. The van der Waals surface area contributed by atoms with Gasteiger partial charge in [-0.2, -0.15) is 0 Å². The average molecular weight is 473 g/mol. The first-order valence-electron chi connectivity index (χ1n) is 9.21. The number of carbonyl (C=O) groups is 2. The molecule has 1 heterocycles. The van der Waals surface area contributed by atoms with E-state index in [-0.39, 0.29) is 12.2 Å². The van der Waals surface area contributed by atoms with Crippen molar-refractivity contribution in [1.29, 1.82) is 0 Å². The van der Waals surface area contributed by atoms with Crippen LogP contribution >= 0.6 is 15.9 Å². The fourth-order valence-corrected chi connectivity index (χ4v) is 3.29. The lowest BCUT2D eigenvalue weighted by atomic mass is 10.2. The third-order valence-electron chi connectivity index (χ3n) is 4.37. The van der Waals surface area contributed by atoms with Gasteiger partial charge < -0.3 is 19.3 Å². The van der Waals surface area contributed by atoms with Crippen LogP contribution in [0.3, 0.4) is 0 Å². The number of esters is 1. The highest BCUT2D eigenvalue weighted by Crippen LogP contribution is 2.23. The summed E-state index contributed by atoms with van der Waals surface area (Å²) in [7, 11) is 0. The normalized spacial score (nSPS) is 10.5. The highest BCUT2D eigenvalue weighted by Gasteiger charge is 2.14. The first-order chi connectivity index (χ1) is 14.3. The molecule has 0 fully saturated rings. The minimum absolute atomic E-state index is 0.271. The van der Waals surface area contributed by atoms with Crippen LogP contribution in [0.1, 0.15) is 32.9 Å². The maximum Gasteiger partial charge on any atom is 0.338 e. The quantitative estimate of drug-likeness (QED) is 0.499. The zero-order chi connectivity index (χ0) is 21.7. The molecule has 1 N–H and O–H groups in total. The topological polar surface area (TPSA) is 90.7 Å². The van der Waals surface area contributed by atoms with Gasteiger partial charge >= 0.3 is 5.97 Å². The van der Waals surface area contributed by atoms with Crippen molar-refractivity contribution >= 4 is 33.5 Å². The van der Waals surface area contributed by atoms with E-state index in [0.717, 1.165) is 21.3 Å². The summed E-state index contributed by atoms with van der Waals surface area (Å²) >= 11 is 3.39. The summed E-state index contributed by atoms with van der Waals surface area (Å²) < 4.78 is 16.7. The molecule has 0 saturated heterocycles. The Morgan fingerprint density at radius 2 is 1.93 bits per heavy atom. The number of aromatic nitrogens is 1. The summed E-state index contributed by atoms with van der Waals surface area (Å²) in [5.41, 5.74) is 3.57. The summed E-state index contributed by atoms with van der Waals surface area (Å²) in [4.78, 5) is 24.4. The van der Waals surface area contributed by atoms with Crippen LogP contribution < -0.4 is 10.1 Å². The number of amides is 1. The van der Waals surface area contributed by atoms with E-state index in [4.69, 9.17) is 14.0 Å². The lowest BCUT2D eigenvalue weighted by Crippen LogP contribution is -2.21. The van der Waals surface area contributed by atoms with E-state index in [1.54, 1.807) is 30.3 Å². The second-order valence-electron chi connectivity index (χ2n) is 6.73. The zero-order valence-corrected chi connectivity index (χ0v) is 18.4. The Labute approximate surface area is 182 Å². The molecular weight excluding hydrogens is 452 g/mol. The molecule has 8 heteroatoms. The fourth-order valence-electron chi connectivity index (χ4n) is 2.70. The third kappa shape index (κ3) is 5.48. The predicted octanol–water partition coefficient (Wildman–Crippen LogP) is 4.74. The van der Waals surface area contributed by atoms with Gasteiger partial charge in [0.25, 0.3) is 5.91 Å². The van der Waals surface area contributed by atoms with Crippen LogP contribution in [0.2, 0.25) is 0 Å². The monoisotopic (exact) mass is 472 g/mol. The van der Waals surface area contributed by atoms with Gasteiger partial charge in [-0.05, 0) is 72.6 Å². The molecule has 0 spiro atoms. The highest BCUT2D eigenvalue weighted by atomic mass is 79.9. The van der Waals surface area contributed by atoms with Gasteiger partial charge in [0.15, 0.2) is 6.61 Å². The Hall–Kier alpha value is -3.13. The van der Waals surface area contributed by atoms with Crippen molar-refractivity contribution in [1.82, 2.24) is 5.16 Å². The summed E-state index contributed by atoms with van der Waals surface area (Å²) in [5.74, 6) is 0.140. The average Bonchev–Trinajstić information content (AvgIpc) is 3.04. The molecule has 0 saturated carbocycles. The molecule has 1 aromatic heterocycles. The molecule has 30 heavy (non-hydrogen) atoms. The van der Waals surface area contributed by atoms with Gasteiger partial charge in [-0.1, -0.05) is 17.3 Å². The number of ether oxygens (including phenoxy) is 2. The van der Waals surface area contributed by atoms with Gasteiger partial charge in [0.05, 0.1) is 22.5 Å². The van der Waals surface area contributed by atoms with Crippen molar-refractivity contribution in [2.24, 2.45) is 0 Å². The predicted molar refractivity (Wildman–Crippen MR) is 115 cm³/mol. The largest absolute Gasteiger partial charge is 0.489 e. The van der Waals surface area contributed by atoms with Crippen molar-refractivity contribution in [3.63, 3.8) is 0 Å². The van der Waals surface area contributed by atoms with E-state index >= 15 is 0 Å². The van der Waals surface area contributed by atoms with Crippen molar-refractivity contribution in [2.75, 3.05) is 11.9 Å². The van der Waals surface area contributed by atoms with Gasteiger partial charge in [0.2, 0.25) is 0 Å². The summed E-state index contributed by atoms with van der Waals surface area (Å²) in [6.07, 6.45) is 0. The Balaban J connectivity index is 1.55. The van der Waals surface area contributed by atoms with Crippen LogP contribution in [0.25, 0.3) is 0 Å². The number of anilines is 1. The van der Waals surface area contributed by atoms with E-state index in [9.17, 15) is 9.59 Å². The minimum Gasteiger partial charge on any atom is -0.489 e. The Morgan fingerprint density at radius 3 is 2.63 bits per heavy atom. The van der Waals surface area contributed by atoms with E-state index in [1.807, 2.05) is 32.9 Å². The molecule has 0 aliphatic rings. The van der Waals surface area contributed by atoms with Crippen LogP contribution in [0.5, 0.6) is 5.75 Å². The van der Waals surface area contributed by atoms with Crippen LogP contribution in [0.4, 0.5) is 5.69 Å². The number of hydrogen-bond acceptors (Lipinski definition) is 6. The lowest BCUT2D eigenvalue weighted by molar-refractivity contribution is -0.119. The maximum absolute atomic E-state index is 12.3. The standard InChI is InChI=1S/C22H21BrN2O5/c1-13-7-8-20(19(23)9-13)24-21(26)12-29-22(27)16-5-4-6-17(10-16)28-11-18-14(2)25-30-15(18)3/h4-10H,11-12H2,1-3H3,(H,24,26). The van der Waals surface area contributed by atoms with Crippen LogP contribution in [0.15, 0.2) is 51.5 Å². The molecule has 0 aliphatic heterocycles. The molecule has 0 aliphatic carbocycles. The molecular formula is C22H21BrN2O5. The number of rotatable bonds is 7. The van der Waals surface area contributed by atoms with E-state index in [2.05, 4.69) is 26.4 Å². The van der Waals surface area contributed by atoms with E-state index in [0.29, 0.717) is 17.2 Å². The number of nitrogens with one attached hydrogen (secondary N) is 1. The number of aryl methyl sites for hydroxylation is 3. The van der Waals surface area contributed by atoms with Crippen LogP contribution in [-0.2, 0) is 16.1 Å². The lowest BCUT2D eigenvalue weighted by Gasteiger charge is -2.10. The summed E-state index contributed by atoms with van der Waals surface area (Å²) in [6, 6.07) is 12.1. The molecule has 3 rings (SSSR count). The molecule has 156 valence electrons. The van der Waals surface area contributed by atoms with Crippen molar-refractivity contribution in [3.8, 4) is 5.75 Å². The van der Waals surface area contributed by atoms with Crippen molar-refractivity contribution in [2.45, 2.75) is 27.4 Å². The first kappa shape index (κ1) is 21.6. The van der Waals surface area contributed by atoms with E-state index in [1.165, 1.54) is 0 Å². The molecule has 2 aromatic carbocycles. The zero-order valence-electron chi connectivity index (χ0n) is 16.8. The van der Waals surface area contributed by atoms with Gasteiger partial charge in [-0.15, -0.1) is 0 Å². The number of halogens is 1. The second kappa shape index (κ2) is 9.58. The molecule has 0 unspecified atom stereocenters. The Morgan fingerprint density at radius 1 is 1.13 bits per heavy atom. The molecule has 0 atom stereocenters.